The van der Waals surface area contributed by atoms with Gasteiger partial charge in [-0.1, -0.05) is 19.3 Å². The fourth-order valence-corrected chi connectivity index (χ4v) is 3.59. The molecule has 0 aromatic rings. The minimum Gasteiger partial charge on any atom is -0.353 e. The summed E-state index contributed by atoms with van der Waals surface area (Å²) in [4.78, 5) is 12.0. The number of nitrogens with one attached hydrogen (secondary N) is 1. The predicted octanol–water partition coefficient (Wildman–Crippen LogP) is 1.66. The summed E-state index contributed by atoms with van der Waals surface area (Å²) < 4.78 is 0.310. The van der Waals surface area contributed by atoms with Crippen molar-refractivity contribution in [3.05, 3.63) is 0 Å². The van der Waals surface area contributed by atoms with Gasteiger partial charge in [-0.15, -0.1) is 0 Å². The third kappa shape index (κ3) is 2.23. The van der Waals surface area contributed by atoms with Gasteiger partial charge in [0, 0.05) is 11.3 Å². The molecule has 92 valence electrons. The van der Waals surface area contributed by atoms with Crippen molar-refractivity contribution in [2.75, 3.05) is 12.8 Å². The molecule has 3 N–H and O–H groups in total. The van der Waals surface area contributed by atoms with Crippen molar-refractivity contribution in [1.82, 2.24) is 5.32 Å². The van der Waals surface area contributed by atoms with Crippen LogP contribution in [0.2, 0.25) is 0 Å². The zero-order valence-electron chi connectivity index (χ0n) is 10.1. The second-order valence-electron chi connectivity index (χ2n) is 5.29. The molecule has 0 atom stereocenters. The van der Waals surface area contributed by atoms with Gasteiger partial charge in [0.1, 0.15) is 0 Å². The summed E-state index contributed by atoms with van der Waals surface area (Å²) in [6.45, 7) is 0.798. The Morgan fingerprint density at radius 2 is 1.88 bits per heavy atom. The van der Waals surface area contributed by atoms with Crippen molar-refractivity contribution in [3.63, 3.8) is 0 Å². The second-order valence-corrected chi connectivity index (χ2v) is 6.56. The molecule has 0 aromatic heterocycles. The molecule has 2 rings (SSSR count). The first kappa shape index (κ1) is 12.2. The summed E-state index contributed by atoms with van der Waals surface area (Å²) in [5.74, 6) is 0.0744. The van der Waals surface area contributed by atoms with E-state index in [9.17, 15) is 4.79 Å². The number of amides is 1. The van der Waals surface area contributed by atoms with Gasteiger partial charge in [0.25, 0.3) is 0 Å². The van der Waals surface area contributed by atoms with Crippen molar-refractivity contribution in [2.45, 2.75) is 55.2 Å². The molecule has 2 aliphatic carbocycles. The molecule has 2 saturated carbocycles. The highest BCUT2D eigenvalue weighted by molar-refractivity contribution is 8.00. The zero-order chi connectivity index (χ0) is 11.6. The number of thioether (sulfide) groups is 1. The third-order valence-electron chi connectivity index (χ3n) is 4.22. The summed E-state index contributed by atoms with van der Waals surface area (Å²) in [7, 11) is 0. The van der Waals surface area contributed by atoms with Gasteiger partial charge in [0.15, 0.2) is 0 Å². The first-order valence-electron chi connectivity index (χ1n) is 6.23. The van der Waals surface area contributed by atoms with Crippen LogP contribution in [0.3, 0.4) is 0 Å². The van der Waals surface area contributed by atoms with Crippen molar-refractivity contribution >= 4 is 17.7 Å². The normalized spacial score (nSPS) is 26.1. The fraction of sp³-hybridized carbons (Fsp3) is 0.917. The highest BCUT2D eigenvalue weighted by Gasteiger charge is 2.40. The van der Waals surface area contributed by atoms with E-state index in [-0.39, 0.29) is 5.91 Å². The quantitative estimate of drug-likeness (QED) is 0.788. The molecule has 1 amide bonds. The topological polar surface area (TPSA) is 55.1 Å². The van der Waals surface area contributed by atoms with Crippen LogP contribution in [0.4, 0.5) is 0 Å². The summed E-state index contributed by atoms with van der Waals surface area (Å²) in [6, 6.07) is 0. The van der Waals surface area contributed by atoms with Crippen LogP contribution in [0.1, 0.15) is 44.9 Å². The van der Waals surface area contributed by atoms with Gasteiger partial charge >= 0.3 is 0 Å². The number of carbonyl (C=O) groups is 1. The van der Waals surface area contributed by atoms with E-state index in [1.54, 1.807) is 0 Å². The maximum Gasteiger partial charge on any atom is 0.240 e. The van der Waals surface area contributed by atoms with Gasteiger partial charge < -0.3 is 11.1 Å². The molecule has 0 radical (unpaired) electrons. The molecule has 4 heteroatoms. The molecule has 16 heavy (non-hydrogen) atoms. The Hall–Kier alpha value is -0.220. The van der Waals surface area contributed by atoms with Crippen LogP contribution in [0.15, 0.2) is 0 Å². The Morgan fingerprint density at radius 3 is 2.31 bits per heavy atom. The third-order valence-corrected chi connectivity index (χ3v) is 5.64. The molecule has 0 aliphatic heterocycles. The molecule has 0 unspecified atom stereocenters. The standard InChI is InChI=1S/C12H22N2OS/c1-16-11(5-4-6-11)9-14-10(15)12(13)7-2-3-8-12/h2-9,13H2,1H3,(H,14,15). The van der Waals surface area contributed by atoms with Gasteiger partial charge in [-0.2, -0.15) is 11.8 Å². The minimum atomic E-state index is -0.566. The van der Waals surface area contributed by atoms with Crippen molar-refractivity contribution in [1.29, 1.82) is 0 Å². The van der Waals surface area contributed by atoms with Crippen LogP contribution in [-0.4, -0.2) is 29.0 Å². The van der Waals surface area contributed by atoms with E-state index in [1.807, 2.05) is 11.8 Å². The van der Waals surface area contributed by atoms with Crippen LogP contribution in [0.25, 0.3) is 0 Å². The monoisotopic (exact) mass is 242 g/mol. The van der Waals surface area contributed by atoms with E-state index < -0.39 is 5.54 Å². The highest BCUT2D eigenvalue weighted by atomic mass is 32.2. The largest absolute Gasteiger partial charge is 0.353 e. The van der Waals surface area contributed by atoms with Gasteiger partial charge in [-0.3, -0.25) is 4.79 Å². The molecule has 0 spiro atoms. The maximum absolute atomic E-state index is 12.0. The molecular weight excluding hydrogens is 220 g/mol. The summed E-state index contributed by atoms with van der Waals surface area (Å²) >= 11 is 1.89. The van der Waals surface area contributed by atoms with Crippen LogP contribution in [0, 0.1) is 0 Å². The minimum absolute atomic E-state index is 0.0744. The van der Waals surface area contributed by atoms with E-state index in [4.69, 9.17) is 5.73 Å². The lowest BCUT2D eigenvalue weighted by Gasteiger charge is -2.41. The number of carbonyl (C=O) groups excluding carboxylic acids is 1. The van der Waals surface area contributed by atoms with Gasteiger partial charge in [-0.25, -0.2) is 0 Å². The number of rotatable bonds is 4. The van der Waals surface area contributed by atoms with Crippen LogP contribution in [0.5, 0.6) is 0 Å². The van der Waals surface area contributed by atoms with Crippen LogP contribution in [-0.2, 0) is 4.79 Å². The Morgan fingerprint density at radius 1 is 1.25 bits per heavy atom. The highest BCUT2D eigenvalue weighted by Crippen LogP contribution is 2.42. The van der Waals surface area contributed by atoms with Gasteiger partial charge in [-0.05, 0) is 31.9 Å². The van der Waals surface area contributed by atoms with Gasteiger partial charge in [0.05, 0.1) is 5.54 Å². The van der Waals surface area contributed by atoms with Crippen molar-refractivity contribution in [3.8, 4) is 0 Å². The number of hydrogen-bond acceptors (Lipinski definition) is 3. The molecule has 3 nitrogen and oxygen atoms in total. The Kier molecular flexibility index (Phi) is 3.50. The van der Waals surface area contributed by atoms with E-state index in [1.165, 1.54) is 19.3 Å². The fourth-order valence-electron chi connectivity index (χ4n) is 2.67. The molecule has 2 aliphatic rings. The average Bonchev–Trinajstić information content (AvgIpc) is 2.65. The lowest BCUT2D eigenvalue weighted by Crippen LogP contribution is -2.55. The van der Waals surface area contributed by atoms with Crippen molar-refractivity contribution < 1.29 is 4.79 Å². The van der Waals surface area contributed by atoms with Crippen molar-refractivity contribution in [2.24, 2.45) is 5.73 Å². The zero-order valence-corrected chi connectivity index (χ0v) is 10.9. The lowest BCUT2D eigenvalue weighted by molar-refractivity contribution is -0.126. The Balaban J connectivity index is 1.83. The second kappa shape index (κ2) is 4.57. The molecule has 0 aromatic carbocycles. The van der Waals surface area contributed by atoms with E-state index in [0.29, 0.717) is 4.75 Å². The number of hydrogen-bond donors (Lipinski definition) is 2. The SMILES string of the molecule is CSC1(CNC(=O)C2(N)CCCC2)CCC1. The number of nitrogens with two attached hydrogens (primary N) is 1. The summed E-state index contributed by atoms with van der Waals surface area (Å²) in [5, 5.41) is 3.07. The Labute approximate surface area is 102 Å². The molecule has 0 saturated heterocycles. The van der Waals surface area contributed by atoms with E-state index in [0.717, 1.165) is 32.2 Å². The molecular formula is C12H22N2OS. The first-order chi connectivity index (χ1) is 7.60. The molecule has 0 heterocycles. The average molecular weight is 242 g/mol. The van der Waals surface area contributed by atoms with E-state index >= 15 is 0 Å². The maximum atomic E-state index is 12.0. The predicted molar refractivity (Wildman–Crippen MR) is 68.5 cm³/mol. The smallest absolute Gasteiger partial charge is 0.240 e. The molecule has 2 fully saturated rings. The summed E-state index contributed by atoms with van der Waals surface area (Å²) in [5.41, 5.74) is 5.55. The van der Waals surface area contributed by atoms with E-state index in [2.05, 4.69) is 11.6 Å². The lowest BCUT2D eigenvalue weighted by atomic mass is 9.84. The van der Waals surface area contributed by atoms with Crippen LogP contribution >= 0.6 is 11.8 Å². The van der Waals surface area contributed by atoms with Crippen LogP contribution < -0.4 is 11.1 Å². The van der Waals surface area contributed by atoms with Gasteiger partial charge in [0.2, 0.25) is 5.91 Å². The first-order valence-corrected chi connectivity index (χ1v) is 7.45. The Bertz CT molecular complexity index is 265. The molecule has 0 bridgehead atoms. The summed E-state index contributed by atoms with van der Waals surface area (Å²) in [6.07, 6.45) is 9.78.